The van der Waals surface area contributed by atoms with Gasteiger partial charge in [0, 0.05) is 43.6 Å². The van der Waals surface area contributed by atoms with Crippen molar-refractivity contribution in [2.75, 3.05) is 43.6 Å². The fraction of sp³-hybridized carbons (Fsp3) is 0.538. The van der Waals surface area contributed by atoms with Crippen LogP contribution in [0.2, 0.25) is 0 Å². The molecule has 0 aromatic carbocycles. The largest absolute Gasteiger partial charge is 0.472 e. The van der Waals surface area contributed by atoms with Crippen molar-refractivity contribution in [2.45, 2.75) is 106 Å². The minimum Gasteiger partial charge on any atom is -0.383 e. The number of phosphoric ester groups is 5. The number of imidazole rings is 2. The van der Waals surface area contributed by atoms with Gasteiger partial charge in [0.1, 0.15) is 91.4 Å². The summed E-state index contributed by atoms with van der Waals surface area (Å²) in [7, 11) is -26.8. The number of nitrogens with two attached hydrogens (primary N) is 3. The van der Waals surface area contributed by atoms with E-state index in [9.17, 15) is 76.3 Å². The Balaban J connectivity index is 0.846. The van der Waals surface area contributed by atoms with Gasteiger partial charge in [0.2, 0.25) is 5.95 Å². The molecule has 10 heterocycles. The number of rotatable bonds is 24. The number of fused-ring (bicyclic) bond motifs is 2. The summed E-state index contributed by atoms with van der Waals surface area (Å²) in [5.41, 5.74) is 13.9. The van der Waals surface area contributed by atoms with E-state index >= 15 is 0 Å². The molecule has 0 bridgehead atoms. The summed E-state index contributed by atoms with van der Waals surface area (Å²) in [5, 5.41) is 0. The minimum absolute atomic E-state index is 0.0439. The Morgan fingerprint density at radius 1 is 0.552 bits per heavy atom. The van der Waals surface area contributed by atoms with Crippen LogP contribution in [0.25, 0.3) is 22.3 Å². The van der Waals surface area contributed by atoms with Crippen LogP contribution in [0.4, 0.5) is 17.6 Å². The Hall–Kier alpha value is -5.75. The van der Waals surface area contributed by atoms with Gasteiger partial charge in [-0.3, -0.25) is 74.0 Å². The number of aromatic amines is 2. The van der Waals surface area contributed by atoms with Gasteiger partial charge in [-0.05, 0) is 13.0 Å². The number of hydrogen-bond acceptors (Lipinski definition) is 30. The first-order chi connectivity index (χ1) is 40.8. The second-order valence-corrected chi connectivity index (χ2v) is 26.1. The van der Waals surface area contributed by atoms with Crippen LogP contribution < -0.4 is 39.7 Å². The predicted octanol–water partition coefficient (Wildman–Crippen LogP) is -1.93. The van der Waals surface area contributed by atoms with E-state index in [2.05, 4.69) is 44.4 Å². The molecule has 3 unspecified atom stereocenters. The number of nitrogens with one attached hydrogen (secondary N) is 2. The summed E-state index contributed by atoms with van der Waals surface area (Å²) in [4.78, 5) is 150. The molecule has 15 N–H and O–H groups in total. The van der Waals surface area contributed by atoms with E-state index in [4.69, 9.17) is 67.8 Å². The highest BCUT2D eigenvalue weighted by Crippen LogP contribution is 2.54. The van der Waals surface area contributed by atoms with E-state index in [1.807, 2.05) is 0 Å². The second-order valence-electron chi connectivity index (χ2n) is 19.5. The maximum absolute atomic E-state index is 14.1. The molecule has 0 spiro atoms. The number of anilines is 3. The van der Waals surface area contributed by atoms with E-state index in [0.717, 1.165) is 34.2 Å². The number of hydrogen-bond donors (Lipinski definition) is 12. The summed E-state index contributed by atoms with van der Waals surface area (Å²) in [5.74, 6) is -0.570. The standard InChI is InChI=1S/C39H52N15O28P5/c1-16-8-52(39(58)50-35(16)55)27-6-19(21(76-27)9-71-83(59,60)61)81-86(67,68)74-12-24-20(7-28(78-24)53-14-45-30-32(41)43-13-44-33(30)53)82-87(69,70)73-11-23-18(5-26(75-23)51-3-2-25(40)47-38(51)57)80-85(65,66)72-10-22-17(79-84(62,63)64)4-29(77-22)54-15-46-31-34(54)48-37(42)49-36(31)56/h2-3,8,13-15,17-24,26-29H,4-7,9-12H2,1H3,(H,65,66)(H,67,68)(H,69,70)(H2,40,47,57)(H2,41,43,44)(H,50,55,58)(H2,59,60,61)(H2,62,63,64)(H3,42,48,49,56)/t17-,18-,19-,20-,21+,22+,23+,24+,26+,27+,28+,29+/m0/s1. The predicted molar refractivity (Wildman–Crippen MR) is 282 cm³/mol. The zero-order chi connectivity index (χ0) is 62.7. The third-order valence-corrected chi connectivity index (χ3v) is 17.6. The molecule has 0 amide bonds. The summed E-state index contributed by atoms with van der Waals surface area (Å²) >= 11 is 0. The SMILES string of the molecule is Cc1cn([C@H]2C[C@H](OP(=O)(O)OC[C@H]3O[C@@H](n4cnc5c(N)ncnc54)C[C@@H]3OP(=O)(O)OC[C@H]3O[C@@H](n4ccc(N)nc4=O)C[C@@H]3OP(=O)(O)OC[C@H]3O[C@@H](n4cnc5c(=O)[nH]c(N)nc54)C[C@@H]3OP(=O)(O)O)[C@@H](COP(=O)(O)O)O2)c(=O)[nH]c1=O. The smallest absolute Gasteiger partial charge is 0.383 e. The Morgan fingerprint density at radius 3 is 1.51 bits per heavy atom. The molecule has 0 aliphatic carbocycles. The quantitative estimate of drug-likeness (QED) is 0.0294. The van der Waals surface area contributed by atoms with Gasteiger partial charge in [0.25, 0.3) is 11.1 Å². The van der Waals surface area contributed by atoms with Gasteiger partial charge < -0.3 is 70.4 Å². The maximum atomic E-state index is 14.1. The fourth-order valence-electron chi connectivity index (χ4n) is 9.66. The average Bonchev–Trinajstić information content (AvgIpc) is 1.96. The zero-order valence-corrected chi connectivity index (χ0v) is 48.7. The van der Waals surface area contributed by atoms with Crippen molar-refractivity contribution < 1.29 is 112 Å². The van der Waals surface area contributed by atoms with Crippen LogP contribution in [-0.2, 0) is 78.0 Å². The Bertz CT molecular complexity index is 4060. The first-order valence-electron chi connectivity index (χ1n) is 25.1. The van der Waals surface area contributed by atoms with Gasteiger partial charge >= 0.3 is 50.5 Å². The lowest BCUT2D eigenvalue weighted by Crippen LogP contribution is -2.33. The minimum atomic E-state index is -5.48. The maximum Gasteiger partial charge on any atom is 0.472 e. The summed E-state index contributed by atoms with van der Waals surface area (Å²) in [6.07, 6.45) is -14.3. The monoisotopic (exact) mass is 1330 g/mol. The molecule has 4 saturated heterocycles. The molecule has 476 valence electrons. The molecule has 48 heteroatoms. The molecule has 0 radical (unpaired) electrons. The van der Waals surface area contributed by atoms with Gasteiger partial charge in [0.15, 0.2) is 22.6 Å². The fourth-order valence-corrected chi connectivity index (χ4v) is 13.5. The third-order valence-electron chi connectivity index (χ3n) is 13.5. The molecule has 10 rings (SSSR count). The molecule has 4 fully saturated rings. The van der Waals surface area contributed by atoms with Crippen molar-refractivity contribution in [1.29, 1.82) is 0 Å². The molecule has 43 nitrogen and oxygen atoms in total. The average molecular weight is 1330 g/mol. The van der Waals surface area contributed by atoms with Crippen LogP contribution in [0, 0.1) is 6.92 Å². The third kappa shape index (κ3) is 15.3. The summed E-state index contributed by atoms with van der Waals surface area (Å²) in [6.45, 7) is -2.65. The van der Waals surface area contributed by atoms with E-state index in [1.54, 1.807) is 0 Å². The molecule has 6 aromatic rings. The number of aryl methyl sites for hydroxylation is 1. The molecule has 15 atom stereocenters. The summed E-state index contributed by atoms with van der Waals surface area (Å²) in [6, 6.07) is 1.20. The first-order valence-corrected chi connectivity index (χ1v) is 32.7. The van der Waals surface area contributed by atoms with Gasteiger partial charge in [0.05, 0.1) is 39.1 Å². The van der Waals surface area contributed by atoms with Crippen molar-refractivity contribution in [1.82, 2.24) is 58.1 Å². The van der Waals surface area contributed by atoms with Gasteiger partial charge in [-0.2, -0.15) is 9.97 Å². The highest BCUT2D eigenvalue weighted by Gasteiger charge is 2.49. The number of nitrogen functional groups attached to an aromatic ring is 3. The Kier molecular flexibility index (Phi) is 18.4. The van der Waals surface area contributed by atoms with Crippen molar-refractivity contribution in [2.24, 2.45) is 0 Å². The Morgan fingerprint density at radius 2 is 1.01 bits per heavy atom. The zero-order valence-electron chi connectivity index (χ0n) is 44.2. The van der Waals surface area contributed by atoms with Crippen molar-refractivity contribution in [3.05, 3.63) is 84.7 Å². The van der Waals surface area contributed by atoms with Crippen LogP contribution in [0.5, 0.6) is 0 Å². The summed E-state index contributed by atoms with van der Waals surface area (Å²) < 4.78 is 135. The molecular weight excluding hydrogens is 1280 g/mol. The molecule has 6 aromatic heterocycles. The molecule has 4 aliphatic rings. The van der Waals surface area contributed by atoms with Crippen LogP contribution in [0.3, 0.4) is 0 Å². The lowest BCUT2D eigenvalue weighted by Gasteiger charge is -2.25. The van der Waals surface area contributed by atoms with E-state index in [-0.39, 0.29) is 51.9 Å². The van der Waals surface area contributed by atoms with Crippen molar-refractivity contribution in [3.8, 4) is 0 Å². The van der Waals surface area contributed by atoms with Crippen LogP contribution in [-0.4, -0.2) is 168 Å². The van der Waals surface area contributed by atoms with Crippen LogP contribution in [0.15, 0.2) is 56.6 Å². The molecule has 4 aliphatic heterocycles. The number of H-pyrrole nitrogens is 2. The number of ether oxygens (including phenoxy) is 4. The normalized spacial score (nSPS) is 28.3. The molecule has 0 saturated carbocycles. The second kappa shape index (κ2) is 24.9. The van der Waals surface area contributed by atoms with E-state index < -0.39 is 181 Å². The van der Waals surface area contributed by atoms with Crippen LogP contribution in [0.1, 0.15) is 56.2 Å². The molecular formula is C39H52N15O28P5. The topological polar surface area (TPSA) is 613 Å². The first kappa shape index (κ1) is 64.2. The number of aromatic nitrogens is 12. The van der Waals surface area contributed by atoms with Gasteiger partial charge in [-0.1, -0.05) is 0 Å². The lowest BCUT2D eigenvalue weighted by atomic mass is 10.2. The lowest BCUT2D eigenvalue weighted by molar-refractivity contribution is -0.0627. The Labute approximate surface area is 482 Å². The highest BCUT2D eigenvalue weighted by atomic mass is 31.2. The van der Waals surface area contributed by atoms with E-state index in [1.165, 1.54) is 28.5 Å². The van der Waals surface area contributed by atoms with Gasteiger partial charge in [-0.15, -0.1) is 0 Å². The number of phosphoric acid groups is 5. The van der Waals surface area contributed by atoms with Crippen molar-refractivity contribution in [3.63, 3.8) is 0 Å². The number of nitrogens with zero attached hydrogens (tertiary/aromatic N) is 10. The van der Waals surface area contributed by atoms with Gasteiger partial charge in [-0.25, -0.2) is 52.4 Å². The van der Waals surface area contributed by atoms with E-state index in [0.29, 0.717) is 0 Å². The highest BCUT2D eigenvalue weighted by molar-refractivity contribution is 7.48. The van der Waals surface area contributed by atoms with Crippen LogP contribution >= 0.6 is 39.1 Å². The van der Waals surface area contributed by atoms with Crippen molar-refractivity contribution >= 4 is 79.0 Å². The molecule has 87 heavy (non-hydrogen) atoms.